The number of aryl methyl sites for hydroxylation is 2. The fourth-order valence-electron chi connectivity index (χ4n) is 2.73. The summed E-state index contributed by atoms with van der Waals surface area (Å²) in [6.45, 7) is 3.23. The van der Waals surface area contributed by atoms with Gasteiger partial charge in [0, 0.05) is 11.4 Å². The molecule has 0 aromatic heterocycles. The Hall–Kier alpha value is -1.66. The zero-order chi connectivity index (χ0) is 19.2. The lowest BCUT2D eigenvalue weighted by Crippen LogP contribution is -2.53. The van der Waals surface area contributed by atoms with Gasteiger partial charge in [-0.05, 0) is 71.4 Å². The minimum atomic E-state index is -4.44. The zero-order valence-corrected chi connectivity index (χ0v) is 14.9. The first kappa shape index (κ1) is 19.7. The largest absolute Gasteiger partial charge is 0.399 e. The highest BCUT2D eigenvalue weighted by Crippen LogP contribution is 2.58. The van der Waals surface area contributed by atoms with Crippen LogP contribution in [0.3, 0.4) is 0 Å². The first-order valence-corrected chi connectivity index (χ1v) is 7.94. The Kier molecular flexibility index (Phi) is 4.92. The molecule has 2 aromatic carbocycles. The van der Waals surface area contributed by atoms with Crippen LogP contribution in [0.15, 0.2) is 36.4 Å². The van der Waals surface area contributed by atoms with Crippen LogP contribution >= 0.6 is 23.2 Å². The van der Waals surface area contributed by atoms with Gasteiger partial charge in [-0.1, -0.05) is 24.3 Å². The van der Waals surface area contributed by atoms with Crippen LogP contribution in [0, 0.1) is 13.8 Å². The van der Waals surface area contributed by atoms with E-state index in [9.17, 15) is 17.6 Å². The van der Waals surface area contributed by atoms with Crippen molar-refractivity contribution in [2.75, 3.05) is 11.5 Å². The SMILES string of the molecule is Cc1ccc(C(c2ccc(C)c(N)c2)(C(F)(F)Cl)C(F)(F)Cl)cc1N. The maximum Gasteiger partial charge on any atom is 0.342 e. The predicted molar refractivity (Wildman–Crippen MR) is 93.6 cm³/mol. The molecule has 0 heterocycles. The summed E-state index contributed by atoms with van der Waals surface area (Å²) in [5.74, 6) is 0. The van der Waals surface area contributed by atoms with Crippen LogP contribution < -0.4 is 11.5 Å². The van der Waals surface area contributed by atoms with Crippen LogP contribution in [0.4, 0.5) is 28.9 Å². The van der Waals surface area contributed by atoms with Crippen molar-refractivity contribution >= 4 is 34.6 Å². The van der Waals surface area contributed by atoms with Crippen LogP contribution in [0.25, 0.3) is 0 Å². The molecule has 0 radical (unpaired) electrons. The van der Waals surface area contributed by atoms with Crippen LogP contribution in [-0.4, -0.2) is 10.8 Å². The molecule has 0 spiro atoms. The minimum absolute atomic E-state index is 0.0591. The van der Waals surface area contributed by atoms with Gasteiger partial charge in [-0.3, -0.25) is 0 Å². The number of anilines is 2. The van der Waals surface area contributed by atoms with E-state index in [4.69, 9.17) is 34.7 Å². The summed E-state index contributed by atoms with van der Waals surface area (Å²) in [5.41, 5.74) is 8.27. The zero-order valence-electron chi connectivity index (χ0n) is 13.4. The Balaban J connectivity index is 2.96. The van der Waals surface area contributed by atoms with Crippen molar-refractivity contribution in [1.82, 2.24) is 0 Å². The van der Waals surface area contributed by atoms with E-state index < -0.39 is 27.3 Å². The molecule has 2 nitrogen and oxygen atoms in total. The van der Waals surface area contributed by atoms with Gasteiger partial charge in [-0.15, -0.1) is 0 Å². The first-order chi connectivity index (χ1) is 11.3. The highest BCUT2D eigenvalue weighted by atomic mass is 35.5. The number of rotatable bonds is 4. The molecule has 2 aromatic rings. The van der Waals surface area contributed by atoms with Crippen molar-refractivity contribution in [3.8, 4) is 0 Å². The minimum Gasteiger partial charge on any atom is -0.399 e. The quantitative estimate of drug-likeness (QED) is 0.413. The molecular weight excluding hydrogens is 379 g/mol. The summed E-state index contributed by atoms with van der Waals surface area (Å²) in [6, 6.07) is 6.96. The molecule has 2 rings (SSSR count). The second-order valence-electron chi connectivity index (χ2n) is 5.89. The number of hydrogen-bond donors (Lipinski definition) is 2. The fraction of sp³-hybridized carbons (Fsp3) is 0.294. The van der Waals surface area contributed by atoms with E-state index in [1.807, 2.05) is 0 Å². The maximum absolute atomic E-state index is 14.5. The van der Waals surface area contributed by atoms with Crippen molar-refractivity contribution in [1.29, 1.82) is 0 Å². The van der Waals surface area contributed by atoms with Gasteiger partial charge in [-0.2, -0.15) is 17.6 Å². The van der Waals surface area contributed by atoms with Gasteiger partial charge in [-0.25, -0.2) is 0 Å². The van der Waals surface area contributed by atoms with Gasteiger partial charge in [0.25, 0.3) is 0 Å². The van der Waals surface area contributed by atoms with E-state index in [0.717, 1.165) is 24.3 Å². The van der Waals surface area contributed by atoms with Crippen molar-refractivity contribution in [3.05, 3.63) is 58.7 Å². The third-order valence-electron chi connectivity index (χ3n) is 4.27. The summed E-state index contributed by atoms with van der Waals surface area (Å²) in [6.07, 6.45) is 0. The molecule has 0 saturated heterocycles. The molecule has 4 N–H and O–H groups in total. The number of nitrogen functional groups attached to an aromatic ring is 2. The van der Waals surface area contributed by atoms with E-state index in [1.165, 1.54) is 12.1 Å². The smallest absolute Gasteiger partial charge is 0.342 e. The third-order valence-corrected chi connectivity index (χ3v) is 4.84. The molecule has 25 heavy (non-hydrogen) atoms. The molecular formula is C17H16Cl2F4N2. The van der Waals surface area contributed by atoms with Gasteiger partial charge in [0.1, 0.15) is 0 Å². The average molecular weight is 395 g/mol. The van der Waals surface area contributed by atoms with Crippen LogP contribution in [0.1, 0.15) is 22.3 Å². The Bertz CT molecular complexity index is 731. The normalized spacial score (nSPS) is 13.1. The van der Waals surface area contributed by atoms with Crippen LogP contribution in [-0.2, 0) is 5.41 Å². The lowest BCUT2D eigenvalue weighted by atomic mass is 9.73. The molecule has 0 bridgehead atoms. The lowest BCUT2D eigenvalue weighted by Gasteiger charge is -2.41. The average Bonchev–Trinajstić information content (AvgIpc) is 2.44. The van der Waals surface area contributed by atoms with Crippen molar-refractivity contribution < 1.29 is 17.6 Å². The number of halogens is 6. The van der Waals surface area contributed by atoms with Gasteiger partial charge in [0.05, 0.1) is 0 Å². The van der Waals surface area contributed by atoms with Gasteiger partial charge in [0.2, 0.25) is 0 Å². The van der Waals surface area contributed by atoms with Gasteiger partial charge < -0.3 is 11.5 Å². The summed E-state index contributed by atoms with van der Waals surface area (Å²) in [4.78, 5) is 0. The van der Waals surface area contributed by atoms with Crippen LogP contribution in [0.5, 0.6) is 0 Å². The first-order valence-electron chi connectivity index (χ1n) is 7.19. The summed E-state index contributed by atoms with van der Waals surface area (Å²) in [7, 11) is 0. The summed E-state index contributed by atoms with van der Waals surface area (Å²) < 4.78 is 58.0. The Morgan fingerprint density at radius 3 is 1.28 bits per heavy atom. The molecule has 0 aliphatic heterocycles. The Morgan fingerprint density at radius 1 is 0.720 bits per heavy atom. The number of benzene rings is 2. The lowest BCUT2D eigenvalue weighted by molar-refractivity contribution is -0.0873. The van der Waals surface area contributed by atoms with Crippen molar-refractivity contribution in [2.24, 2.45) is 0 Å². The third kappa shape index (κ3) is 3.13. The number of hydrogen-bond acceptors (Lipinski definition) is 2. The fourth-order valence-corrected chi connectivity index (χ4v) is 3.45. The molecule has 0 aliphatic carbocycles. The van der Waals surface area contributed by atoms with E-state index in [-0.39, 0.29) is 11.4 Å². The standard InChI is InChI=1S/C17H16Cl2F4N2/c1-9-3-5-11(7-13(9)24)15(16(18,20)21,17(19,22)23)12-6-4-10(2)14(25)8-12/h3-8H,24-25H2,1-2H3. The summed E-state index contributed by atoms with van der Waals surface area (Å²) >= 11 is 10.4. The molecule has 0 atom stereocenters. The van der Waals surface area contributed by atoms with Gasteiger partial charge >= 0.3 is 10.8 Å². The highest BCUT2D eigenvalue weighted by molar-refractivity contribution is 6.27. The molecule has 0 saturated carbocycles. The summed E-state index contributed by atoms with van der Waals surface area (Å²) in [5, 5.41) is -8.89. The molecule has 8 heteroatoms. The van der Waals surface area contributed by atoms with Crippen LogP contribution in [0.2, 0.25) is 0 Å². The number of nitrogens with two attached hydrogens (primary N) is 2. The predicted octanol–water partition coefficient (Wildman–Crippen LogP) is 5.42. The number of alkyl halides is 6. The monoisotopic (exact) mass is 394 g/mol. The molecule has 0 aliphatic rings. The second kappa shape index (κ2) is 6.25. The van der Waals surface area contributed by atoms with Gasteiger partial charge in [0.15, 0.2) is 5.41 Å². The Morgan fingerprint density at radius 2 is 1.04 bits per heavy atom. The van der Waals surface area contributed by atoms with E-state index in [2.05, 4.69) is 0 Å². The van der Waals surface area contributed by atoms with Crippen molar-refractivity contribution in [2.45, 2.75) is 30.0 Å². The second-order valence-corrected chi connectivity index (χ2v) is 6.84. The van der Waals surface area contributed by atoms with E-state index in [0.29, 0.717) is 11.1 Å². The Labute approximate surface area is 152 Å². The van der Waals surface area contributed by atoms with Crippen molar-refractivity contribution in [3.63, 3.8) is 0 Å². The molecule has 0 amide bonds. The topological polar surface area (TPSA) is 52.0 Å². The molecule has 0 fully saturated rings. The maximum atomic E-state index is 14.5. The van der Waals surface area contributed by atoms with E-state index in [1.54, 1.807) is 13.8 Å². The molecule has 0 unspecified atom stereocenters. The highest BCUT2D eigenvalue weighted by Gasteiger charge is 2.69. The molecule has 136 valence electrons. The van der Waals surface area contributed by atoms with E-state index >= 15 is 0 Å².